The van der Waals surface area contributed by atoms with Gasteiger partial charge >= 0.3 is 6.09 Å². The van der Waals surface area contributed by atoms with Gasteiger partial charge in [0.2, 0.25) is 0 Å². The molecule has 0 fully saturated rings. The summed E-state index contributed by atoms with van der Waals surface area (Å²) in [7, 11) is 5.50. The van der Waals surface area contributed by atoms with Crippen LogP contribution < -0.4 is 5.32 Å². The monoisotopic (exact) mass is 567 g/mol. The Labute approximate surface area is 246 Å². The lowest BCUT2D eigenvalue weighted by Crippen LogP contribution is -2.28. The number of carbonyl (C=O) groups excluding carboxylic acids is 2. The van der Waals surface area contributed by atoms with Gasteiger partial charge < -0.3 is 14.2 Å². The zero-order valence-corrected chi connectivity index (χ0v) is 25.0. The number of anilines is 1. The molecule has 2 amide bonds. The number of aromatic nitrogens is 4. The van der Waals surface area contributed by atoms with Crippen molar-refractivity contribution in [3.05, 3.63) is 78.0 Å². The SMILES string of the molecule is CN(C)C(=O)c1ccc(C2=CCN(Cc3cc4c(-c5ccc(NC(=O)OC(C)(C)C)nc5)ccnc4n3C)CC2)cn1. The summed E-state index contributed by atoms with van der Waals surface area (Å²) in [5, 5.41) is 3.73. The van der Waals surface area contributed by atoms with Gasteiger partial charge in [0.05, 0.1) is 0 Å². The van der Waals surface area contributed by atoms with Gasteiger partial charge in [0.1, 0.15) is 22.8 Å². The maximum atomic E-state index is 12.1. The van der Waals surface area contributed by atoms with Gasteiger partial charge in [0.25, 0.3) is 5.91 Å². The Kier molecular flexibility index (Phi) is 8.08. The number of rotatable bonds is 6. The second-order valence-corrected chi connectivity index (χ2v) is 11.7. The number of fused-ring (bicyclic) bond motifs is 1. The van der Waals surface area contributed by atoms with E-state index < -0.39 is 11.7 Å². The van der Waals surface area contributed by atoms with Crippen LogP contribution in [0, 0.1) is 0 Å². The van der Waals surface area contributed by atoms with Crippen molar-refractivity contribution in [3.8, 4) is 11.1 Å². The lowest BCUT2D eigenvalue weighted by Gasteiger charge is -2.26. The van der Waals surface area contributed by atoms with Crippen molar-refractivity contribution in [1.29, 1.82) is 0 Å². The van der Waals surface area contributed by atoms with Crippen LogP contribution in [-0.4, -0.2) is 74.1 Å². The average molecular weight is 568 g/mol. The summed E-state index contributed by atoms with van der Waals surface area (Å²) in [6, 6.07) is 11.7. The Hall–Kier alpha value is -4.57. The van der Waals surface area contributed by atoms with Gasteiger partial charge in [-0.15, -0.1) is 0 Å². The number of aryl methyl sites for hydroxylation is 1. The summed E-state index contributed by atoms with van der Waals surface area (Å²) in [5.74, 6) is 0.333. The lowest BCUT2D eigenvalue weighted by atomic mass is 10.0. The minimum Gasteiger partial charge on any atom is -0.444 e. The molecule has 218 valence electrons. The molecular formula is C32H37N7O3. The summed E-state index contributed by atoms with van der Waals surface area (Å²) in [5.41, 5.74) is 6.23. The minimum absolute atomic E-state index is 0.0959. The molecular weight excluding hydrogens is 530 g/mol. The number of nitrogens with one attached hydrogen (secondary N) is 1. The number of pyridine rings is 3. The highest BCUT2D eigenvalue weighted by atomic mass is 16.6. The summed E-state index contributed by atoms with van der Waals surface area (Å²) in [4.78, 5) is 41.7. The first-order chi connectivity index (χ1) is 20.0. The van der Waals surface area contributed by atoms with Crippen molar-refractivity contribution < 1.29 is 14.3 Å². The van der Waals surface area contributed by atoms with Crippen LogP contribution in [0.2, 0.25) is 0 Å². The van der Waals surface area contributed by atoms with Crippen LogP contribution in [-0.2, 0) is 18.3 Å². The van der Waals surface area contributed by atoms with Crippen LogP contribution in [0.5, 0.6) is 0 Å². The molecule has 0 unspecified atom stereocenters. The predicted octanol–water partition coefficient (Wildman–Crippen LogP) is 5.37. The fraction of sp³-hybridized carbons (Fsp3) is 0.344. The third-order valence-electron chi connectivity index (χ3n) is 7.17. The summed E-state index contributed by atoms with van der Waals surface area (Å²) >= 11 is 0. The maximum Gasteiger partial charge on any atom is 0.413 e. The Morgan fingerprint density at radius 3 is 2.40 bits per heavy atom. The number of carbonyl (C=O) groups is 2. The Morgan fingerprint density at radius 2 is 1.79 bits per heavy atom. The van der Waals surface area contributed by atoms with Crippen molar-refractivity contribution in [1.82, 2.24) is 29.3 Å². The van der Waals surface area contributed by atoms with Crippen molar-refractivity contribution in [2.24, 2.45) is 7.05 Å². The molecule has 4 aromatic heterocycles. The van der Waals surface area contributed by atoms with E-state index in [0.717, 1.165) is 53.8 Å². The zero-order chi connectivity index (χ0) is 30.0. The quantitative estimate of drug-likeness (QED) is 0.334. The number of ether oxygens (including phenoxy) is 1. The smallest absolute Gasteiger partial charge is 0.413 e. The molecule has 0 atom stereocenters. The molecule has 5 rings (SSSR count). The van der Waals surface area contributed by atoms with Crippen LogP contribution in [0.4, 0.5) is 10.6 Å². The van der Waals surface area contributed by atoms with Crippen molar-refractivity contribution in [2.45, 2.75) is 39.3 Å². The molecule has 10 nitrogen and oxygen atoms in total. The number of hydrogen-bond donors (Lipinski definition) is 1. The fourth-order valence-corrected chi connectivity index (χ4v) is 5.00. The molecule has 5 heterocycles. The second-order valence-electron chi connectivity index (χ2n) is 11.7. The van der Waals surface area contributed by atoms with Crippen molar-refractivity contribution in [2.75, 3.05) is 32.5 Å². The summed E-state index contributed by atoms with van der Waals surface area (Å²) in [6.07, 6.45) is 7.99. The third kappa shape index (κ3) is 6.49. The van der Waals surface area contributed by atoms with Gasteiger partial charge in [0, 0.05) is 76.0 Å². The fourth-order valence-electron chi connectivity index (χ4n) is 5.00. The van der Waals surface area contributed by atoms with Crippen LogP contribution in [0.15, 0.2) is 61.1 Å². The van der Waals surface area contributed by atoms with Gasteiger partial charge in [0.15, 0.2) is 0 Å². The molecule has 1 aliphatic rings. The van der Waals surface area contributed by atoms with Gasteiger partial charge in [-0.3, -0.25) is 20.0 Å². The van der Waals surface area contributed by atoms with Crippen LogP contribution >= 0.6 is 0 Å². The zero-order valence-electron chi connectivity index (χ0n) is 25.0. The largest absolute Gasteiger partial charge is 0.444 e. The number of hydrogen-bond acceptors (Lipinski definition) is 7. The van der Waals surface area contributed by atoms with Crippen LogP contribution in [0.25, 0.3) is 27.7 Å². The molecule has 4 aromatic rings. The standard InChI is InChI=1S/C32H37N7O3/c1-32(2,3)42-31(41)36-28-10-8-23(19-35-28)25-11-14-33-29-26(25)17-24(38(29)6)20-39-15-12-21(13-16-39)22-7-9-27(34-18-22)30(40)37(4)5/h7-12,14,17-19H,13,15-16,20H2,1-6H3,(H,35,36,41). The molecule has 0 saturated carbocycles. The van der Waals surface area contributed by atoms with E-state index in [9.17, 15) is 9.59 Å². The second kappa shape index (κ2) is 11.7. The highest BCUT2D eigenvalue weighted by Crippen LogP contribution is 2.31. The molecule has 0 aromatic carbocycles. The first kappa shape index (κ1) is 28.9. The van der Waals surface area contributed by atoms with Crippen LogP contribution in [0.1, 0.15) is 48.9 Å². The first-order valence-electron chi connectivity index (χ1n) is 14.0. The van der Waals surface area contributed by atoms with E-state index in [4.69, 9.17) is 4.74 Å². The summed E-state index contributed by atoms with van der Waals surface area (Å²) in [6.45, 7) is 8.00. The van der Waals surface area contributed by atoms with E-state index in [0.29, 0.717) is 11.5 Å². The maximum absolute atomic E-state index is 12.1. The molecule has 0 spiro atoms. The molecule has 1 aliphatic heterocycles. The van der Waals surface area contributed by atoms with Crippen molar-refractivity contribution >= 4 is 34.4 Å². The predicted molar refractivity (Wildman–Crippen MR) is 164 cm³/mol. The Morgan fingerprint density at radius 1 is 1.02 bits per heavy atom. The van der Waals surface area contributed by atoms with Crippen LogP contribution in [0.3, 0.4) is 0 Å². The van der Waals surface area contributed by atoms with E-state index in [1.54, 1.807) is 38.6 Å². The molecule has 10 heteroatoms. The average Bonchev–Trinajstić information content (AvgIpc) is 3.27. The van der Waals surface area contributed by atoms with E-state index in [1.165, 1.54) is 16.2 Å². The van der Waals surface area contributed by atoms with E-state index in [2.05, 4.69) is 41.9 Å². The normalized spacial score (nSPS) is 14.0. The molecule has 0 saturated heterocycles. The van der Waals surface area contributed by atoms with Gasteiger partial charge in [-0.2, -0.15) is 0 Å². The van der Waals surface area contributed by atoms with E-state index in [1.807, 2.05) is 52.2 Å². The van der Waals surface area contributed by atoms with E-state index in [-0.39, 0.29) is 5.91 Å². The van der Waals surface area contributed by atoms with E-state index >= 15 is 0 Å². The number of nitrogens with zero attached hydrogens (tertiary/aromatic N) is 6. The Bertz CT molecular complexity index is 1630. The molecule has 0 aliphatic carbocycles. The number of amides is 2. The molecule has 42 heavy (non-hydrogen) atoms. The Balaban J connectivity index is 1.28. The molecule has 0 bridgehead atoms. The highest BCUT2D eigenvalue weighted by Gasteiger charge is 2.19. The van der Waals surface area contributed by atoms with Gasteiger partial charge in [-0.25, -0.2) is 14.8 Å². The third-order valence-corrected chi connectivity index (χ3v) is 7.17. The van der Waals surface area contributed by atoms with Gasteiger partial charge in [-0.1, -0.05) is 12.1 Å². The van der Waals surface area contributed by atoms with Gasteiger partial charge in [-0.05, 0) is 74.2 Å². The topological polar surface area (TPSA) is 105 Å². The molecule has 1 N–H and O–H groups in total. The molecule has 0 radical (unpaired) electrons. The highest BCUT2D eigenvalue weighted by molar-refractivity contribution is 5.94. The first-order valence-corrected chi connectivity index (χ1v) is 14.0. The van der Waals surface area contributed by atoms with Crippen molar-refractivity contribution in [3.63, 3.8) is 0 Å². The summed E-state index contributed by atoms with van der Waals surface area (Å²) < 4.78 is 7.46. The minimum atomic E-state index is -0.581. The lowest BCUT2D eigenvalue weighted by molar-refractivity contribution is 0.0635.